The zero-order valence-electron chi connectivity index (χ0n) is 13.2. The van der Waals surface area contributed by atoms with E-state index in [2.05, 4.69) is 48.3 Å². The van der Waals surface area contributed by atoms with Crippen molar-refractivity contribution < 1.29 is 0 Å². The van der Waals surface area contributed by atoms with Gasteiger partial charge in [0, 0.05) is 37.1 Å². The fourth-order valence-corrected chi connectivity index (χ4v) is 3.59. The largest absolute Gasteiger partial charge is 0.344 e. The van der Waals surface area contributed by atoms with Gasteiger partial charge in [-0.3, -0.25) is 0 Å². The summed E-state index contributed by atoms with van der Waals surface area (Å²) >= 11 is 1.79. The Balaban J connectivity index is 2.04. The van der Waals surface area contributed by atoms with Crippen molar-refractivity contribution in [2.24, 2.45) is 0 Å². The van der Waals surface area contributed by atoms with Crippen LogP contribution in [0, 0.1) is 0 Å². The van der Waals surface area contributed by atoms with Crippen molar-refractivity contribution >= 4 is 16.5 Å². The van der Waals surface area contributed by atoms with E-state index < -0.39 is 0 Å². The molecule has 0 bridgehead atoms. The minimum absolute atomic E-state index is 0.510. The highest BCUT2D eigenvalue weighted by atomic mass is 32.1. The highest BCUT2D eigenvalue weighted by molar-refractivity contribution is 7.13. The van der Waals surface area contributed by atoms with Gasteiger partial charge in [0.2, 0.25) is 0 Å². The van der Waals surface area contributed by atoms with Gasteiger partial charge in [-0.15, -0.1) is 11.3 Å². The third-order valence-corrected chi connectivity index (χ3v) is 4.78. The first kappa shape index (κ1) is 15.7. The Hall–Kier alpha value is -0.650. The molecule has 1 saturated heterocycles. The van der Waals surface area contributed by atoms with E-state index in [0.29, 0.717) is 12.1 Å². The van der Waals surface area contributed by atoms with Crippen LogP contribution >= 0.6 is 11.3 Å². The number of hydrogen-bond acceptors (Lipinski definition) is 5. The van der Waals surface area contributed by atoms with Crippen molar-refractivity contribution in [3.05, 3.63) is 11.1 Å². The standard InChI is InChI=1S/C15H28N4S/c1-5-14-10-18(4)7-6-8-19(14)15-17-13(11-20-15)9-16-12(2)3/h11-12,14,16H,5-10H2,1-4H3. The summed E-state index contributed by atoms with van der Waals surface area (Å²) in [4.78, 5) is 9.80. The molecule has 1 aliphatic rings. The van der Waals surface area contributed by atoms with E-state index in [4.69, 9.17) is 4.98 Å². The molecule has 1 unspecified atom stereocenters. The zero-order chi connectivity index (χ0) is 14.5. The van der Waals surface area contributed by atoms with Gasteiger partial charge >= 0.3 is 0 Å². The topological polar surface area (TPSA) is 31.4 Å². The van der Waals surface area contributed by atoms with E-state index in [1.807, 2.05) is 0 Å². The van der Waals surface area contributed by atoms with Gasteiger partial charge in [0.25, 0.3) is 0 Å². The van der Waals surface area contributed by atoms with E-state index in [1.54, 1.807) is 11.3 Å². The maximum atomic E-state index is 4.83. The number of rotatable bonds is 5. The van der Waals surface area contributed by atoms with Gasteiger partial charge < -0.3 is 15.1 Å². The minimum Gasteiger partial charge on any atom is -0.344 e. The van der Waals surface area contributed by atoms with Gasteiger partial charge in [0.05, 0.1) is 5.69 Å². The second-order valence-corrected chi connectivity index (χ2v) is 6.86. The Bertz CT molecular complexity index is 404. The smallest absolute Gasteiger partial charge is 0.185 e. The second kappa shape index (κ2) is 7.38. The van der Waals surface area contributed by atoms with Gasteiger partial charge in [-0.25, -0.2) is 4.98 Å². The summed E-state index contributed by atoms with van der Waals surface area (Å²) in [6, 6.07) is 1.11. The average Bonchev–Trinajstić information content (AvgIpc) is 2.79. The van der Waals surface area contributed by atoms with Crippen LogP contribution in [-0.2, 0) is 6.54 Å². The van der Waals surface area contributed by atoms with Crippen molar-refractivity contribution in [1.29, 1.82) is 0 Å². The van der Waals surface area contributed by atoms with Crippen LogP contribution in [0.2, 0.25) is 0 Å². The molecule has 1 N–H and O–H groups in total. The number of likely N-dealkylation sites (N-methyl/N-ethyl adjacent to an activating group) is 1. The Morgan fingerprint density at radius 2 is 2.25 bits per heavy atom. The Kier molecular flexibility index (Phi) is 5.81. The molecule has 5 heteroatoms. The molecule has 114 valence electrons. The molecule has 2 rings (SSSR count). The van der Waals surface area contributed by atoms with Crippen LogP contribution < -0.4 is 10.2 Å². The number of thiazole rings is 1. The van der Waals surface area contributed by atoms with Crippen molar-refractivity contribution in [1.82, 2.24) is 15.2 Å². The molecule has 0 saturated carbocycles. The first-order valence-electron chi connectivity index (χ1n) is 7.73. The summed E-state index contributed by atoms with van der Waals surface area (Å²) in [5.41, 5.74) is 1.17. The molecule has 0 aliphatic carbocycles. The lowest BCUT2D eigenvalue weighted by Crippen LogP contribution is -2.39. The Labute approximate surface area is 127 Å². The van der Waals surface area contributed by atoms with E-state index in [9.17, 15) is 0 Å². The van der Waals surface area contributed by atoms with Gasteiger partial charge in [0.1, 0.15) is 0 Å². The normalized spacial score (nSPS) is 21.4. The fourth-order valence-electron chi connectivity index (χ4n) is 2.66. The Morgan fingerprint density at radius 1 is 1.45 bits per heavy atom. The van der Waals surface area contributed by atoms with Crippen LogP contribution in [0.15, 0.2) is 5.38 Å². The molecule has 0 radical (unpaired) electrons. The summed E-state index contributed by atoms with van der Waals surface area (Å²) in [5, 5.41) is 6.84. The van der Waals surface area contributed by atoms with Crippen LogP contribution in [0.4, 0.5) is 5.13 Å². The predicted octanol–water partition coefficient (Wildman–Crippen LogP) is 2.56. The first-order chi connectivity index (χ1) is 9.60. The number of nitrogens with one attached hydrogen (secondary N) is 1. The number of aromatic nitrogens is 1. The maximum absolute atomic E-state index is 4.83. The molecular formula is C15H28N4S. The molecule has 0 spiro atoms. The summed E-state index contributed by atoms with van der Waals surface area (Å²) < 4.78 is 0. The summed E-state index contributed by atoms with van der Waals surface area (Å²) in [6.45, 7) is 11.0. The number of anilines is 1. The van der Waals surface area contributed by atoms with Crippen molar-refractivity contribution in [3.8, 4) is 0 Å². The lowest BCUT2D eigenvalue weighted by Gasteiger charge is -2.29. The molecule has 1 fully saturated rings. The third-order valence-electron chi connectivity index (χ3n) is 3.85. The summed E-state index contributed by atoms with van der Waals surface area (Å²) in [5.74, 6) is 0. The van der Waals surface area contributed by atoms with Crippen LogP contribution in [-0.4, -0.2) is 48.6 Å². The SMILES string of the molecule is CCC1CN(C)CCCN1c1nc(CNC(C)C)cs1. The summed E-state index contributed by atoms with van der Waals surface area (Å²) in [6.07, 6.45) is 2.41. The molecule has 1 aromatic heterocycles. The lowest BCUT2D eigenvalue weighted by molar-refractivity contribution is 0.328. The average molecular weight is 296 g/mol. The van der Waals surface area contributed by atoms with Gasteiger partial charge in [-0.1, -0.05) is 20.8 Å². The van der Waals surface area contributed by atoms with Crippen LogP contribution in [0.5, 0.6) is 0 Å². The molecule has 1 atom stereocenters. The van der Waals surface area contributed by atoms with E-state index in [-0.39, 0.29) is 0 Å². The molecular weight excluding hydrogens is 268 g/mol. The third kappa shape index (κ3) is 4.17. The molecule has 20 heavy (non-hydrogen) atoms. The molecule has 2 heterocycles. The van der Waals surface area contributed by atoms with E-state index in [0.717, 1.165) is 19.6 Å². The van der Waals surface area contributed by atoms with Gasteiger partial charge in [-0.05, 0) is 26.4 Å². The highest BCUT2D eigenvalue weighted by Gasteiger charge is 2.24. The maximum Gasteiger partial charge on any atom is 0.185 e. The zero-order valence-corrected chi connectivity index (χ0v) is 14.0. The molecule has 0 aromatic carbocycles. The molecule has 1 aromatic rings. The molecule has 0 amide bonds. The predicted molar refractivity (Wildman–Crippen MR) is 87.6 cm³/mol. The van der Waals surface area contributed by atoms with Gasteiger partial charge in [0.15, 0.2) is 5.13 Å². The lowest BCUT2D eigenvalue weighted by atomic mass is 10.2. The van der Waals surface area contributed by atoms with Crippen molar-refractivity contribution in [2.45, 2.75) is 52.2 Å². The van der Waals surface area contributed by atoms with Gasteiger partial charge in [-0.2, -0.15) is 0 Å². The molecule has 4 nitrogen and oxygen atoms in total. The molecule has 1 aliphatic heterocycles. The highest BCUT2D eigenvalue weighted by Crippen LogP contribution is 2.25. The quantitative estimate of drug-likeness (QED) is 0.905. The minimum atomic E-state index is 0.510. The number of hydrogen-bond donors (Lipinski definition) is 1. The monoisotopic (exact) mass is 296 g/mol. The second-order valence-electron chi connectivity index (χ2n) is 6.03. The summed E-state index contributed by atoms with van der Waals surface area (Å²) in [7, 11) is 2.23. The van der Waals surface area contributed by atoms with Crippen LogP contribution in [0.25, 0.3) is 0 Å². The van der Waals surface area contributed by atoms with Crippen LogP contribution in [0.1, 0.15) is 39.3 Å². The number of nitrogens with zero attached hydrogens (tertiary/aromatic N) is 3. The van der Waals surface area contributed by atoms with Crippen molar-refractivity contribution in [2.75, 3.05) is 31.6 Å². The van der Waals surface area contributed by atoms with E-state index in [1.165, 1.54) is 30.2 Å². The van der Waals surface area contributed by atoms with Crippen molar-refractivity contribution in [3.63, 3.8) is 0 Å². The first-order valence-corrected chi connectivity index (χ1v) is 8.61. The fraction of sp³-hybridized carbons (Fsp3) is 0.800. The van der Waals surface area contributed by atoms with Crippen LogP contribution in [0.3, 0.4) is 0 Å². The Morgan fingerprint density at radius 3 is 2.95 bits per heavy atom. The van der Waals surface area contributed by atoms with E-state index >= 15 is 0 Å².